The van der Waals surface area contributed by atoms with E-state index < -0.39 is 12.0 Å². The van der Waals surface area contributed by atoms with Gasteiger partial charge in [-0.25, -0.2) is 0 Å². The van der Waals surface area contributed by atoms with Gasteiger partial charge in [-0.15, -0.1) is 0 Å². The van der Waals surface area contributed by atoms with Crippen LogP contribution in [0.5, 0.6) is 0 Å². The topological polar surface area (TPSA) is 62.7 Å². The summed E-state index contributed by atoms with van der Waals surface area (Å²) in [4.78, 5) is 17.4. The summed E-state index contributed by atoms with van der Waals surface area (Å²) in [6.45, 7) is 5.18. The number of aromatic nitrogens is 1. The number of hydrogen-bond donors (Lipinski definition) is 1. The molecule has 1 rings (SSSR count). The van der Waals surface area contributed by atoms with Crippen LogP contribution in [-0.2, 0) is 16.1 Å². The lowest BCUT2D eigenvalue weighted by atomic mass is 10.2. The Kier molecular flexibility index (Phi) is 5.74. The largest absolute Gasteiger partial charge is 0.480 e. The molecule has 1 heterocycles. The van der Waals surface area contributed by atoms with E-state index in [9.17, 15) is 9.90 Å². The number of aryl methyl sites for hydroxylation is 1. The van der Waals surface area contributed by atoms with Crippen LogP contribution in [0.25, 0.3) is 0 Å². The summed E-state index contributed by atoms with van der Waals surface area (Å²) in [5.74, 6) is -0.869. The van der Waals surface area contributed by atoms with E-state index in [0.717, 1.165) is 11.4 Å². The van der Waals surface area contributed by atoms with Crippen LogP contribution < -0.4 is 0 Å². The standard InChI is InChI=1S/C13H20N2O3/c1-4-15(12(9-18-3)13(16)17)8-11-7-5-6-10(2)14-11/h5-7,12H,4,8-9H2,1-3H3,(H,16,17). The number of hydrogen-bond acceptors (Lipinski definition) is 4. The lowest BCUT2D eigenvalue weighted by molar-refractivity contribution is -0.145. The van der Waals surface area contributed by atoms with Crippen LogP contribution in [0, 0.1) is 6.92 Å². The van der Waals surface area contributed by atoms with Crippen molar-refractivity contribution >= 4 is 5.97 Å². The fraction of sp³-hybridized carbons (Fsp3) is 0.538. The molecule has 1 unspecified atom stereocenters. The molecule has 0 radical (unpaired) electrons. The lowest BCUT2D eigenvalue weighted by Gasteiger charge is -2.26. The number of carboxylic acid groups (broad SMARTS) is 1. The SMILES string of the molecule is CCN(Cc1cccc(C)n1)C(COC)C(=O)O. The normalized spacial score (nSPS) is 12.7. The zero-order chi connectivity index (χ0) is 13.5. The second-order valence-electron chi connectivity index (χ2n) is 4.14. The van der Waals surface area contributed by atoms with Gasteiger partial charge in [0, 0.05) is 19.3 Å². The van der Waals surface area contributed by atoms with E-state index in [1.165, 1.54) is 7.11 Å². The first-order valence-corrected chi connectivity index (χ1v) is 5.96. The average molecular weight is 252 g/mol. The predicted molar refractivity (Wildman–Crippen MR) is 68.4 cm³/mol. The van der Waals surface area contributed by atoms with Crippen molar-refractivity contribution in [3.63, 3.8) is 0 Å². The minimum absolute atomic E-state index is 0.176. The maximum absolute atomic E-state index is 11.2. The highest BCUT2D eigenvalue weighted by molar-refractivity contribution is 5.73. The van der Waals surface area contributed by atoms with E-state index in [1.807, 2.05) is 36.9 Å². The van der Waals surface area contributed by atoms with E-state index >= 15 is 0 Å². The monoisotopic (exact) mass is 252 g/mol. The van der Waals surface area contributed by atoms with Crippen LogP contribution in [0.3, 0.4) is 0 Å². The summed E-state index contributed by atoms with van der Waals surface area (Å²) in [7, 11) is 1.51. The van der Waals surface area contributed by atoms with Gasteiger partial charge in [-0.05, 0) is 25.6 Å². The van der Waals surface area contributed by atoms with Gasteiger partial charge >= 0.3 is 5.97 Å². The predicted octanol–water partition coefficient (Wildman–Crippen LogP) is 1.31. The highest BCUT2D eigenvalue weighted by Crippen LogP contribution is 2.08. The summed E-state index contributed by atoms with van der Waals surface area (Å²) in [6.07, 6.45) is 0. The molecule has 0 spiro atoms. The van der Waals surface area contributed by atoms with Crippen LogP contribution in [-0.4, -0.2) is 47.3 Å². The van der Waals surface area contributed by atoms with E-state index in [-0.39, 0.29) is 6.61 Å². The minimum Gasteiger partial charge on any atom is -0.480 e. The van der Waals surface area contributed by atoms with Crippen molar-refractivity contribution in [2.24, 2.45) is 0 Å². The Hall–Kier alpha value is -1.46. The van der Waals surface area contributed by atoms with Gasteiger partial charge in [-0.3, -0.25) is 14.7 Å². The van der Waals surface area contributed by atoms with E-state index in [0.29, 0.717) is 13.1 Å². The molecule has 0 fully saturated rings. The molecule has 0 saturated heterocycles. The Balaban J connectivity index is 2.79. The fourth-order valence-corrected chi connectivity index (χ4v) is 1.83. The highest BCUT2D eigenvalue weighted by Gasteiger charge is 2.24. The number of ether oxygens (including phenoxy) is 1. The molecule has 5 nitrogen and oxygen atoms in total. The molecule has 0 aliphatic rings. The van der Waals surface area contributed by atoms with Crippen molar-refractivity contribution in [1.29, 1.82) is 0 Å². The van der Waals surface area contributed by atoms with Crippen molar-refractivity contribution in [2.45, 2.75) is 26.4 Å². The second kappa shape index (κ2) is 7.08. The van der Waals surface area contributed by atoms with Crippen molar-refractivity contribution in [1.82, 2.24) is 9.88 Å². The van der Waals surface area contributed by atoms with Gasteiger partial charge in [-0.2, -0.15) is 0 Å². The van der Waals surface area contributed by atoms with Crippen molar-refractivity contribution in [3.8, 4) is 0 Å². The van der Waals surface area contributed by atoms with Gasteiger partial charge in [-0.1, -0.05) is 13.0 Å². The molecule has 0 aromatic carbocycles. The zero-order valence-corrected chi connectivity index (χ0v) is 11.1. The van der Waals surface area contributed by atoms with Crippen LogP contribution in [0.4, 0.5) is 0 Å². The maximum atomic E-state index is 11.2. The number of nitrogens with zero attached hydrogens (tertiary/aromatic N) is 2. The molecule has 1 aromatic heterocycles. The fourth-order valence-electron chi connectivity index (χ4n) is 1.83. The maximum Gasteiger partial charge on any atom is 0.323 e. The zero-order valence-electron chi connectivity index (χ0n) is 11.1. The van der Waals surface area contributed by atoms with Crippen LogP contribution >= 0.6 is 0 Å². The molecule has 0 aliphatic heterocycles. The molecule has 18 heavy (non-hydrogen) atoms. The summed E-state index contributed by atoms with van der Waals surface area (Å²) in [5, 5.41) is 9.20. The van der Waals surface area contributed by atoms with Gasteiger partial charge in [0.05, 0.1) is 12.3 Å². The Morgan fingerprint density at radius 3 is 2.78 bits per heavy atom. The van der Waals surface area contributed by atoms with Crippen LogP contribution in [0.1, 0.15) is 18.3 Å². The number of carbonyl (C=O) groups is 1. The smallest absolute Gasteiger partial charge is 0.323 e. The third kappa shape index (κ3) is 4.09. The molecular weight excluding hydrogens is 232 g/mol. The van der Waals surface area contributed by atoms with Crippen molar-refractivity contribution < 1.29 is 14.6 Å². The highest BCUT2D eigenvalue weighted by atomic mass is 16.5. The van der Waals surface area contributed by atoms with Crippen molar-refractivity contribution in [3.05, 3.63) is 29.6 Å². The van der Waals surface area contributed by atoms with Gasteiger partial charge < -0.3 is 9.84 Å². The average Bonchev–Trinajstić information content (AvgIpc) is 2.33. The van der Waals surface area contributed by atoms with Gasteiger partial charge in [0.2, 0.25) is 0 Å². The number of carboxylic acids is 1. The summed E-state index contributed by atoms with van der Waals surface area (Å²) < 4.78 is 4.97. The second-order valence-corrected chi connectivity index (χ2v) is 4.14. The van der Waals surface area contributed by atoms with Gasteiger partial charge in [0.25, 0.3) is 0 Å². The number of likely N-dealkylation sites (N-methyl/N-ethyl adjacent to an activating group) is 1. The molecule has 0 aliphatic carbocycles. The number of methoxy groups -OCH3 is 1. The molecule has 1 N–H and O–H groups in total. The number of pyridine rings is 1. The first-order valence-electron chi connectivity index (χ1n) is 5.96. The molecule has 0 saturated carbocycles. The minimum atomic E-state index is -0.869. The quantitative estimate of drug-likeness (QED) is 0.792. The van der Waals surface area contributed by atoms with E-state index in [1.54, 1.807) is 0 Å². The third-order valence-electron chi connectivity index (χ3n) is 2.77. The number of aliphatic carboxylic acids is 1. The third-order valence-corrected chi connectivity index (χ3v) is 2.77. The van der Waals surface area contributed by atoms with Crippen molar-refractivity contribution in [2.75, 3.05) is 20.3 Å². The molecule has 100 valence electrons. The Morgan fingerprint density at radius 2 is 2.28 bits per heavy atom. The molecule has 1 atom stereocenters. The Bertz CT molecular complexity index is 396. The van der Waals surface area contributed by atoms with E-state index in [2.05, 4.69) is 4.98 Å². The van der Waals surface area contributed by atoms with Gasteiger partial charge in [0.1, 0.15) is 6.04 Å². The van der Waals surface area contributed by atoms with Crippen LogP contribution in [0.15, 0.2) is 18.2 Å². The summed E-state index contributed by atoms with van der Waals surface area (Å²) in [5.41, 5.74) is 1.81. The molecule has 0 bridgehead atoms. The molecule has 1 aromatic rings. The van der Waals surface area contributed by atoms with E-state index in [4.69, 9.17) is 4.74 Å². The lowest BCUT2D eigenvalue weighted by Crippen LogP contribution is -2.43. The van der Waals surface area contributed by atoms with Gasteiger partial charge in [0.15, 0.2) is 0 Å². The summed E-state index contributed by atoms with van der Waals surface area (Å²) >= 11 is 0. The van der Waals surface area contributed by atoms with Crippen LogP contribution in [0.2, 0.25) is 0 Å². The molecule has 0 amide bonds. The first-order chi connectivity index (χ1) is 8.58. The summed E-state index contributed by atoms with van der Waals surface area (Å²) in [6, 6.07) is 5.12. The Labute approximate surface area is 107 Å². The number of rotatable bonds is 7. The first kappa shape index (κ1) is 14.6. The Morgan fingerprint density at radius 1 is 1.56 bits per heavy atom. The molecular formula is C13H20N2O3. The molecule has 5 heteroatoms.